The highest BCUT2D eigenvalue weighted by atomic mass is 16.5. The van der Waals surface area contributed by atoms with Crippen LogP contribution in [0.2, 0.25) is 0 Å². The number of amides is 1. The van der Waals surface area contributed by atoms with Gasteiger partial charge in [0.25, 0.3) is 5.91 Å². The van der Waals surface area contributed by atoms with Crippen LogP contribution in [-0.2, 0) is 9.47 Å². The van der Waals surface area contributed by atoms with Crippen LogP contribution in [-0.4, -0.2) is 84.9 Å². The molecule has 0 spiro atoms. The molecular weight excluding hydrogens is 432 g/mol. The van der Waals surface area contributed by atoms with Gasteiger partial charge in [-0.1, -0.05) is 6.07 Å². The first kappa shape index (κ1) is 22.6. The van der Waals surface area contributed by atoms with E-state index in [9.17, 15) is 4.79 Å². The first-order valence-electron chi connectivity index (χ1n) is 11.8. The van der Waals surface area contributed by atoms with Crippen molar-refractivity contribution in [2.75, 3.05) is 64.1 Å². The second-order valence-electron chi connectivity index (χ2n) is 8.58. The van der Waals surface area contributed by atoms with Crippen LogP contribution in [0.4, 0.5) is 5.82 Å². The number of benzene rings is 1. The largest absolute Gasteiger partial charge is 0.379 e. The minimum absolute atomic E-state index is 0.0190. The molecule has 178 valence electrons. The zero-order chi connectivity index (χ0) is 23.3. The van der Waals surface area contributed by atoms with Gasteiger partial charge in [0.15, 0.2) is 0 Å². The van der Waals surface area contributed by atoms with Crippen molar-refractivity contribution in [3.8, 4) is 0 Å². The van der Waals surface area contributed by atoms with Crippen LogP contribution in [0.25, 0.3) is 10.9 Å². The molecule has 5 rings (SSSR count). The molecule has 0 saturated carbocycles. The number of hydrogen-bond acceptors (Lipinski definition) is 8. The summed E-state index contributed by atoms with van der Waals surface area (Å²) in [5.74, 6) is 1.53. The number of morpholine rings is 2. The predicted octanol–water partition coefficient (Wildman–Crippen LogP) is 1.97. The molecule has 2 fully saturated rings. The van der Waals surface area contributed by atoms with Crippen molar-refractivity contribution < 1.29 is 14.3 Å². The summed E-state index contributed by atoms with van der Waals surface area (Å²) in [7, 11) is 0. The van der Waals surface area contributed by atoms with Crippen LogP contribution in [0.15, 0.2) is 42.7 Å². The van der Waals surface area contributed by atoms with Gasteiger partial charge in [0, 0.05) is 61.6 Å². The molecule has 4 heterocycles. The topological polar surface area (TPSA) is 92.7 Å². The molecule has 34 heavy (non-hydrogen) atoms. The molecule has 1 amide bonds. The van der Waals surface area contributed by atoms with Crippen molar-refractivity contribution in [2.45, 2.75) is 13.0 Å². The lowest BCUT2D eigenvalue weighted by Crippen LogP contribution is -2.44. The van der Waals surface area contributed by atoms with Gasteiger partial charge in [0.1, 0.15) is 11.6 Å². The third-order valence-electron chi connectivity index (χ3n) is 6.42. The second-order valence-corrected chi connectivity index (χ2v) is 8.58. The Balaban J connectivity index is 1.34. The van der Waals surface area contributed by atoms with E-state index in [1.54, 1.807) is 0 Å². The van der Waals surface area contributed by atoms with E-state index in [1.165, 1.54) is 0 Å². The number of ether oxygens (including phenoxy) is 2. The van der Waals surface area contributed by atoms with Crippen molar-refractivity contribution in [2.24, 2.45) is 0 Å². The van der Waals surface area contributed by atoms with Gasteiger partial charge in [-0.25, -0.2) is 15.0 Å². The molecule has 2 aliphatic rings. The van der Waals surface area contributed by atoms with E-state index >= 15 is 0 Å². The monoisotopic (exact) mass is 462 g/mol. The lowest BCUT2D eigenvalue weighted by Gasteiger charge is -2.34. The average Bonchev–Trinajstić information content (AvgIpc) is 2.90. The van der Waals surface area contributed by atoms with E-state index < -0.39 is 0 Å². The standard InChI is InChI=1S/C25H30N6O3/c1-18-26-15-19(16-27-18)23(30-7-11-33-12-8-30)17-28-25(32)21-3-2-4-22-20(21)5-6-24(29-22)31-9-13-34-14-10-31/h2-6,15-16,23H,7-14,17H2,1H3,(H,28,32). The van der Waals surface area contributed by atoms with Crippen LogP contribution in [0, 0.1) is 6.92 Å². The van der Waals surface area contributed by atoms with Crippen molar-refractivity contribution in [1.29, 1.82) is 0 Å². The predicted molar refractivity (Wildman–Crippen MR) is 129 cm³/mol. The van der Waals surface area contributed by atoms with Gasteiger partial charge in [-0.05, 0) is 31.2 Å². The molecule has 1 N–H and O–H groups in total. The quantitative estimate of drug-likeness (QED) is 0.595. The summed E-state index contributed by atoms with van der Waals surface area (Å²) in [5.41, 5.74) is 2.43. The van der Waals surface area contributed by atoms with Crippen molar-refractivity contribution >= 4 is 22.6 Å². The Morgan fingerprint density at radius 3 is 2.44 bits per heavy atom. The van der Waals surface area contributed by atoms with Gasteiger partial charge in [0.2, 0.25) is 0 Å². The summed E-state index contributed by atoms with van der Waals surface area (Å²) in [4.78, 5) is 31.4. The average molecular weight is 463 g/mol. The maximum Gasteiger partial charge on any atom is 0.252 e. The van der Waals surface area contributed by atoms with E-state index in [4.69, 9.17) is 14.5 Å². The van der Waals surface area contributed by atoms with Crippen LogP contribution < -0.4 is 10.2 Å². The van der Waals surface area contributed by atoms with Crippen molar-refractivity contribution in [3.05, 3.63) is 59.7 Å². The fourth-order valence-corrected chi connectivity index (χ4v) is 4.52. The SMILES string of the molecule is Cc1ncc(C(CNC(=O)c2cccc3nc(N4CCOCC4)ccc23)N2CCOCC2)cn1. The highest BCUT2D eigenvalue weighted by Crippen LogP contribution is 2.24. The smallest absolute Gasteiger partial charge is 0.252 e. The minimum Gasteiger partial charge on any atom is -0.379 e. The molecule has 9 nitrogen and oxygen atoms in total. The number of nitrogens with one attached hydrogen (secondary N) is 1. The molecule has 2 aromatic heterocycles. The number of hydrogen-bond donors (Lipinski definition) is 1. The molecule has 0 aliphatic carbocycles. The van der Waals surface area contributed by atoms with E-state index in [0.29, 0.717) is 38.5 Å². The minimum atomic E-state index is -0.113. The number of carbonyl (C=O) groups is 1. The molecule has 1 unspecified atom stereocenters. The highest BCUT2D eigenvalue weighted by Gasteiger charge is 2.24. The molecule has 1 atom stereocenters. The number of rotatable bonds is 6. The Bertz CT molecular complexity index is 1130. The summed E-state index contributed by atoms with van der Waals surface area (Å²) in [6.07, 6.45) is 3.70. The lowest BCUT2D eigenvalue weighted by atomic mass is 10.1. The van der Waals surface area contributed by atoms with E-state index in [0.717, 1.165) is 54.3 Å². The van der Waals surface area contributed by atoms with Gasteiger partial charge in [-0.2, -0.15) is 0 Å². The van der Waals surface area contributed by atoms with Crippen molar-refractivity contribution in [3.63, 3.8) is 0 Å². The molecule has 3 aromatic rings. The van der Waals surface area contributed by atoms with E-state index in [1.807, 2.05) is 49.6 Å². The second kappa shape index (κ2) is 10.4. The number of aryl methyl sites for hydroxylation is 1. The molecule has 2 saturated heterocycles. The Morgan fingerprint density at radius 2 is 1.71 bits per heavy atom. The zero-order valence-corrected chi connectivity index (χ0v) is 19.4. The molecule has 1 aromatic carbocycles. The summed E-state index contributed by atoms with van der Waals surface area (Å²) >= 11 is 0. The number of pyridine rings is 1. The van der Waals surface area contributed by atoms with Gasteiger partial charge in [-0.3, -0.25) is 9.69 Å². The fourth-order valence-electron chi connectivity index (χ4n) is 4.52. The number of carbonyl (C=O) groups excluding carboxylic acids is 1. The first-order valence-corrected chi connectivity index (χ1v) is 11.8. The Kier molecular flexibility index (Phi) is 6.94. The normalized spacial score (nSPS) is 18.1. The van der Waals surface area contributed by atoms with Crippen LogP contribution >= 0.6 is 0 Å². The van der Waals surface area contributed by atoms with Gasteiger partial charge in [0.05, 0.1) is 38.0 Å². The maximum atomic E-state index is 13.3. The van der Waals surface area contributed by atoms with Gasteiger partial charge >= 0.3 is 0 Å². The summed E-state index contributed by atoms with van der Waals surface area (Å²) in [6.45, 7) is 8.35. The van der Waals surface area contributed by atoms with Crippen LogP contribution in [0.5, 0.6) is 0 Å². The highest BCUT2D eigenvalue weighted by molar-refractivity contribution is 6.06. The lowest BCUT2D eigenvalue weighted by molar-refractivity contribution is 0.0161. The number of anilines is 1. The van der Waals surface area contributed by atoms with Gasteiger partial charge in [-0.15, -0.1) is 0 Å². The van der Waals surface area contributed by atoms with E-state index in [-0.39, 0.29) is 11.9 Å². The van der Waals surface area contributed by atoms with E-state index in [2.05, 4.69) is 25.1 Å². The first-order chi connectivity index (χ1) is 16.7. The molecular formula is C25H30N6O3. The molecule has 0 bridgehead atoms. The molecule has 9 heteroatoms. The van der Waals surface area contributed by atoms with Crippen molar-refractivity contribution in [1.82, 2.24) is 25.2 Å². The molecule has 0 radical (unpaired) electrons. The maximum absolute atomic E-state index is 13.3. The Labute approximate surface area is 199 Å². The molecule has 2 aliphatic heterocycles. The number of aromatic nitrogens is 3. The third kappa shape index (κ3) is 5.01. The summed E-state index contributed by atoms with van der Waals surface area (Å²) < 4.78 is 11.0. The van der Waals surface area contributed by atoms with Crippen LogP contribution in [0.3, 0.4) is 0 Å². The summed E-state index contributed by atoms with van der Waals surface area (Å²) in [6, 6.07) is 9.66. The fraction of sp³-hybridized carbons (Fsp3) is 0.440. The Hall–Kier alpha value is -3.14. The Morgan fingerprint density at radius 1 is 1.00 bits per heavy atom. The summed E-state index contributed by atoms with van der Waals surface area (Å²) in [5, 5.41) is 3.99. The number of nitrogens with zero attached hydrogens (tertiary/aromatic N) is 5. The third-order valence-corrected chi connectivity index (χ3v) is 6.42. The number of fused-ring (bicyclic) bond motifs is 1. The zero-order valence-electron chi connectivity index (χ0n) is 19.4. The van der Waals surface area contributed by atoms with Gasteiger partial charge < -0.3 is 19.7 Å². The van der Waals surface area contributed by atoms with Crippen LogP contribution in [0.1, 0.15) is 27.8 Å².